The summed E-state index contributed by atoms with van der Waals surface area (Å²) in [7, 11) is 0. The van der Waals surface area contributed by atoms with Crippen molar-refractivity contribution in [2.45, 2.75) is 13.5 Å². The summed E-state index contributed by atoms with van der Waals surface area (Å²) in [6, 6.07) is 10.2. The zero-order valence-corrected chi connectivity index (χ0v) is 11.1. The third-order valence-corrected chi connectivity index (χ3v) is 3.69. The van der Waals surface area contributed by atoms with Gasteiger partial charge in [0.15, 0.2) is 0 Å². The van der Waals surface area contributed by atoms with Crippen LogP contribution in [0.2, 0.25) is 5.02 Å². The Bertz CT molecular complexity index is 662. The molecule has 4 heteroatoms. The molecule has 0 saturated heterocycles. The summed E-state index contributed by atoms with van der Waals surface area (Å²) in [6.45, 7) is 2.51. The minimum Gasteiger partial charge on any atom is -0.320 e. The Hall–Kier alpha value is -1.87. The van der Waals surface area contributed by atoms with E-state index in [2.05, 4.69) is 0 Å². The lowest BCUT2D eigenvalue weighted by Crippen LogP contribution is -2.24. The molecule has 0 atom stereocenters. The maximum Gasteiger partial charge on any atom is 0.133 e. The molecule has 19 heavy (non-hydrogen) atoms. The normalized spacial score (nSPS) is 13.8. The summed E-state index contributed by atoms with van der Waals surface area (Å²) in [5.74, 6) is -0.0214. The van der Waals surface area contributed by atoms with Crippen molar-refractivity contribution in [3.63, 3.8) is 0 Å². The third-order valence-electron chi connectivity index (χ3n) is 3.38. The van der Waals surface area contributed by atoms with Gasteiger partial charge < -0.3 is 4.90 Å². The van der Waals surface area contributed by atoms with Crippen molar-refractivity contribution in [1.29, 1.82) is 5.41 Å². The van der Waals surface area contributed by atoms with E-state index in [1.165, 1.54) is 12.1 Å². The Labute approximate surface area is 115 Å². The van der Waals surface area contributed by atoms with Crippen molar-refractivity contribution < 1.29 is 4.39 Å². The van der Waals surface area contributed by atoms with E-state index in [1.54, 1.807) is 12.1 Å². The molecule has 1 N–H and O–H groups in total. The Kier molecular flexibility index (Phi) is 2.79. The highest BCUT2D eigenvalue weighted by molar-refractivity contribution is 6.34. The minimum atomic E-state index is -0.318. The molecule has 1 aliphatic heterocycles. The Morgan fingerprint density at radius 2 is 2.05 bits per heavy atom. The molecule has 2 nitrogen and oxygen atoms in total. The van der Waals surface area contributed by atoms with Crippen molar-refractivity contribution in [2.24, 2.45) is 0 Å². The Morgan fingerprint density at radius 1 is 1.26 bits per heavy atom. The maximum atomic E-state index is 13.3. The van der Waals surface area contributed by atoms with E-state index in [0.717, 1.165) is 16.8 Å². The van der Waals surface area contributed by atoms with Crippen LogP contribution in [0.15, 0.2) is 36.4 Å². The van der Waals surface area contributed by atoms with Gasteiger partial charge in [0.2, 0.25) is 0 Å². The fourth-order valence-electron chi connectivity index (χ4n) is 2.46. The van der Waals surface area contributed by atoms with Crippen molar-refractivity contribution in [2.75, 3.05) is 4.90 Å². The van der Waals surface area contributed by atoms with Crippen molar-refractivity contribution in [3.8, 4) is 0 Å². The number of para-hydroxylation sites is 1. The van der Waals surface area contributed by atoms with Crippen LogP contribution in [0.3, 0.4) is 0 Å². The predicted molar refractivity (Wildman–Crippen MR) is 75.6 cm³/mol. The van der Waals surface area contributed by atoms with Crippen LogP contribution in [0.5, 0.6) is 0 Å². The van der Waals surface area contributed by atoms with E-state index in [4.69, 9.17) is 17.0 Å². The van der Waals surface area contributed by atoms with E-state index in [0.29, 0.717) is 23.0 Å². The molecule has 0 radical (unpaired) electrons. The number of anilines is 1. The summed E-state index contributed by atoms with van der Waals surface area (Å²) >= 11 is 6.24. The van der Waals surface area contributed by atoms with Gasteiger partial charge in [-0.1, -0.05) is 29.8 Å². The molecule has 1 aliphatic rings. The number of aryl methyl sites for hydroxylation is 1. The maximum absolute atomic E-state index is 13.3. The molecule has 0 amide bonds. The summed E-state index contributed by atoms with van der Waals surface area (Å²) in [5.41, 5.74) is 3.42. The van der Waals surface area contributed by atoms with Gasteiger partial charge in [-0.25, -0.2) is 4.39 Å². The van der Waals surface area contributed by atoms with Gasteiger partial charge in [0.25, 0.3) is 0 Å². The first-order valence-electron chi connectivity index (χ1n) is 5.98. The summed E-state index contributed by atoms with van der Waals surface area (Å²) in [6.07, 6.45) is 0. The van der Waals surface area contributed by atoms with Crippen molar-refractivity contribution >= 4 is 23.1 Å². The molecule has 0 spiro atoms. The number of nitrogens with one attached hydrogen (secondary N) is 1. The quantitative estimate of drug-likeness (QED) is 0.832. The zero-order chi connectivity index (χ0) is 13.6. The number of hydrogen-bond acceptors (Lipinski definition) is 1. The number of benzene rings is 2. The largest absolute Gasteiger partial charge is 0.320 e. The van der Waals surface area contributed by atoms with Crippen LogP contribution in [-0.2, 0) is 6.54 Å². The highest BCUT2D eigenvalue weighted by Crippen LogP contribution is 2.35. The molecule has 0 bridgehead atoms. The van der Waals surface area contributed by atoms with Crippen LogP contribution in [0.4, 0.5) is 10.1 Å². The second-order valence-electron chi connectivity index (χ2n) is 4.64. The molecule has 0 saturated carbocycles. The third kappa shape index (κ3) is 1.90. The number of nitrogens with zero attached hydrogens (tertiary/aromatic N) is 1. The van der Waals surface area contributed by atoms with E-state index in [-0.39, 0.29) is 5.82 Å². The second-order valence-corrected chi connectivity index (χ2v) is 5.05. The molecule has 0 unspecified atom stereocenters. The van der Waals surface area contributed by atoms with E-state index in [1.807, 2.05) is 24.0 Å². The molecule has 3 rings (SSSR count). The lowest BCUT2D eigenvalue weighted by atomic mass is 10.1. The fourth-order valence-corrected chi connectivity index (χ4v) is 2.78. The summed E-state index contributed by atoms with van der Waals surface area (Å²) in [4.78, 5) is 1.82. The van der Waals surface area contributed by atoms with E-state index >= 15 is 0 Å². The average Bonchev–Trinajstić information content (AvgIpc) is 2.67. The number of fused-ring (bicyclic) bond motifs is 1. The average molecular weight is 275 g/mol. The predicted octanol–water partition coefficient (Wildman–Crippen LogP) is 4.13. The Balaban J connectivity index is 2.09. The van der Waals surface area contributed by atoms with Gasteiger partial charge in [-0.15, -0.1) is 0 Å². The van der Waals surface area contributed by atoms with Crippen LogP contribution >= 0.6 is 11.6 Å². The van der Waals surface area contributed by atoms with Gasteiger partial charge in [-0.3, -0.25) is 5.41 Å². The number of amidine groups is 1. The first-order chi connectivity index (χ1) is 9.08. The smallest absolute Gasteiger partial charge is 0.133 e. The van der Waals surface area contributed by atoms with Gasteiger partial charge in [-0.2, -0.15) is 0 Å². The molecule has 1 heterocycles. The topological polar surface area (TPSA) is 27.1 Å². The van der Waals surface area contributed by atoms with Crippen LogP contribution < -0.4 is 4.90 Å². The molecular weight excluding hydrogens is 263 g/mol. The first-order valence-corrected chi connectivity index (χ1v) is 6.35. The summed E-state index contributed by atoms with van der Waals surface area (Å²) in [5, 5.41) is 8.83. The SMILES string of the molecule is Cc1cccc(Cl)c1N1Cc2ccc(F)cc2C1=N. The molecule has 0 fully saturated rings. The number of rotatable bonds is 1. The number of hydrogen-bond donors (Lipinski definition) is 1. The van der Waals surface area contributed by atoms with Crippen LogP contribution in [0.25, 0.3) is 0 Å². The van der Waals surface area contributed by atoms with Gasteiger partial charge in [0, 0.05) is 5.56 Å². The second kappa shape index (κ2) is 4.35. The lowest BCUT2D eigenvalue weighted by molar-refractivity contribution is 0.627. The summed E-state index contributed by atoms with van der Waals surface area (Å²) < 4.78 is 13.3. The lowest BCUT2D eigenvalue weighted by Gasteiger charge is -2.21. The van der Waals surface area contributed by atoms with Gasteiger partial charge in [-0.05, 0) is 36.2 Å². The molecule has 2 aromatic rings. The van der Waals surface area contributed by atoms with Crippen molar-refractivity contribution in [3.05, 3.63) is 63.9 Å². The van der Waals surface area contributed by atoms with Crippen molar-refractivity contribution in [1.82, 2.24) is 0 Å². The van der Waals surface area contributed by atoms with Crippen LogP contribution in [-0.4, -0.2) is 5.84 Å². The van der Waals surface area contributed by atoms with Crippen LogP contribution in [0, 0.1) is 18.2 Å². The zero-order valence-electron chi connectivity index (χ0n) is 10.4. The minimum absolute atomic E-state index is 0.297. The highest BCUT2D eigenvalue weighted by Gasteiger charge is 2.27. The number of halogens is 2. The standard InChI is InChI=1S/C15H12ClFN2/c1-9-3-2-4-13(16)14(9)19-8-10-5-6-11(17)7-12(10)15(19)18/h2-7,18H,8H2,1H3. The fraction of sp³-hybridized carbons (Fsp3) is 0.133. The van der Waals surface area contributed by atoms with Crippen LogP contribution in [0.1, 0.15) is 16.7 Å². The van der Waals surface area contributed by atoms with E-state index < -0.39 is 0 Å². The first kappa shape index (κ1) is 12.2. The molecular formula is C15H12ClFN2. The van der Waals surface area contributed by atoms with Gasteiger partial charge in [0.1, 0.15) is 11.7 Å². The monoisotopic (exact) mass is 274 g/mol. The van der Waals surface area contributed by atoms with E-state index in [9.17, 15) is 4.39 Å². The highest BCUT2D eigenvalue weighted by atomic mass is 35.5. The van der Waals surface area contributed by atoms with Gasteiger partial charge in [0.05, 0.1) is 17.3 Å². The molecule has 0 aromatic heterocycles. The Morgan fingerprint density at radius 3 is 2.79 bits per heavy atom. The molecule has 2 aromatic carbocycles. The molecule has 96 valence electrons. The van der Waals surface area contributed by atoms with Gasteiger partial charge >= 0.3 is 0 Å². The molecule has 0 aliphatic carbocycles.